The predicted octanol–water partition coefficient (Wildman–Crippen LogP) is 1.53. The summed E-state index contributed by atoms with van der Waals surface area (Å²) >= 11 is 0. The molecule has 1 atom stereocenters. The number of benzene rings is 1. The van der Waals surface area contributed by atoms with Gasteiger partial charge in [0.1, 0.15) is 11.4 Å². The Labute approximate surface area is 94.8 Å². The molecule has 0 fully saturated rings. The minimum atomic E-state index is -1.02. The molecule has 0 saturated heterocycles. The largest absolute Gasteiger partial charge is 0.368 e. The molecule has 0 saturated carbocycles. The predicted molar refractivity (Wildman–Crippen MR) is 61.2 cm³/mol. The van der Waals surface area contributed by atoms with Crippen molar-refractivity contribution in [3.8, 4) is 0 Å². The first-order chi connectivity index (χ1) is 7.50. The normalized spacial score (nSPS) is 14.4. The van der Waals surface area contributed by atoms with Crippen molar-refractivity contribution in [3.05, 3.63) is 35.6 Å². The fraction of sp³-hybridized carbons (Fsp3) is 0.417. The average Bonchev–Trinajstić information content (AvgIpc) is 2.25. The lowest BCUT2D eigenvalue weighted by molar-refractivity contribution is -0.124. The van der Waals surface area contributed by atoms with E-state index in [-0.39, 0.29) is 5.82 Å². The van der Waals surface area contributed by atoms with Gasteiger partial charge in [0.15, 0.2) is 0 Å². The maximum Gasteiger partial charge on any atom is 0.242 e. The third kappa shape index (κ3) is 2.58. The summed E-state index contributed by atoms with van der Waals surface area (Å²) in [6.45, 7) is 4.30. The minimum Gasteiger partial charge on any atom is -0.368 e. The molecular weight excluding hydrogens is 207 g/mol. The summed E-state index contributed by atoms with van der Waals surface area (Å²) < 4.78 is 13.1. The van der Waals surface area contributed by atoms with E-state index in [9.17, 15) is 9.18 Å². The average molecular weight is 224 g/mol. The first-order valence-electron chi connectivity index (χ1n) is 5.31. The number of nitrogens with two attached hydrogens (primary N) is 1. The first-order valence-corrected chi connectivity index (χ1v) is 5.31. The zero-order valence-corrected chi connectivity index (χ0v) is 9.59. The van der Waals surface area contributed by atoms with E-state index in [4.69, 9.17) is 5.73 Å². The minimum absolute atomic E-state index is 0.372. The van der Waals surface area contributed by atoms with Gasteiger partial charge in [-0.25, -0.2) is 4.39 Å². The van der Waals surface area contributed by atoms with Crippen molar-refractivity contribution in [2.24, 2.45) is 5.73 Å². The number of carbonyl (C=O) groups excluding carboxylic acids is 1. The summed E-state index contributed by atoms with van der Waals surface area (Å²) in [4.78, 5) is 11.5. The zero-order valence-electron chi connectivity index (χ0n) is 9.59. The summed E-state index contributed by atoms with van der Waals surface area (Å²) in [5.41, 5.74) is 4.90. The van der Waals surface area contributed by atoms with Crippen LogP contribution in [0.2, 0.25) is 0 Å². The SMILES string of the molecule is CCCNC(C)(C(N)=O)c1cccc(F)c1. The van der Waals surface area contributed by atoms with Gasteiger partial charge in [-0.15, -0.1) is 0 Å². The van der Waals surface area contributed by atoms with Crippen LogP contribution in [0.15, 0.2) is 24.3 Å². The molecule has 88 valence electrons. The van der Waals surface area contributed by atoms with Gasteiger partial charge in [0.25, 0.3) is 0 Å². The second-order valence-electron chi connectivity index (χ2n) is 3.93. The van der Waals surface area contributed by atoms with Crippen molar-refractivity contribution in [1.29, 1.82) is 0 Å². The van der Waals surface area contributed by atoms with E-state index in [1.807, 2.05) is 6.92 Å². The molecule has 3 N–H and O–H groups in total. The van der Waals surface area contributed by atoms with Crippen LogP contribution in [0, 0.1) is 5.82 Å². The summed E-state index contributed by atoms with van der Waals surface area (Å²) in [6.07, 6.45) is 0.873. The second kappa shape index (κ2) is 5.07. The number of hydrogen-bond donors (Lipinski definition) is 2. The van der Waals surface area contributed by atoms with Crippen LogP contribution >= 0.6 is 0 Å². The molecule has 1 amide bonds. The van der Waals surface area contributed by atoms with E-state index < -0.39 is 11.4 Å². The lowest BCUT2D eigenvalue weighted by atomic mass is 9.91. The molecule has 0 aliphatic heterocycles. The molecule has 0 aliphatic rings. The molecule has 0 aliphatic carbocycles. The van der Waals surface area contributed by atoms with E-state index in [1.54, 1.807) is 19.1 Å². The Morgan fingerprint density at radius 3 is 2.75 bits per heavy atom. The van der Waals surface area contributed by atoms with Gasteiger partial charge < -0.3 is 5.73 Å². The smallest absolute Gasteiger partial charge is 0.242 e. The molecule has 16 heavy (non-hydrogen) atoms. The van der Waals surface area contributed by atoms with E-state index in [0.717, 1.165) is 6.42 Å². The van der Waals surface area contributed by atoms with Crippen LogP contribution in [0.25, 0.3) is 0 Å². The van der Waals surface area contributed by atoms with Gasteiger partial charge in [-0.2, -0.15) is 0 Å². The van der Waals surface area contributed by atoms with Crippen LogP contribution in [-0.2, 0) is 10.3 Å². The molecule has 3 nitrogen and oxygen atoms in total. The fourth-order valence-corrected chi connectivity index (χ4v) is 1.51. The monoisotopic (exact) mass is 224 g/mol. The fourth-order valence-electron chi connectivity index (χ4n) is 1.51. The van der Waals surface area contributed by atoms with Crippen molar-refractivity contribution in [2.75, 3.05) is 6.54 Å². The Hall–Kier alpha value is -1.42. The summed E-state index contributed by atoms with van der Waals surface area (Å²) in [5, 5.41) is 3.05. The van der Waals surface area contributed by atoms with Crippen LogP contribution in [-0.4, -0.2) is 12.5 Å². The van der Waals surface area contributed by atoms with Gasteiger partial charge in [-0.05, 0) is 37.6 Å². The number of primary amides is 1. The summed E-state index contributed by atoms with van der Waals surface area (Å²) in [6, 6.07) is 5.92. The Morgan fingerprint density at radius 1 is 1.56 bits per heavy atom. The number of halogens is 1. The number of amides is 1. The van der Waals surface area contributed by atoms with Crippen molar-refractivity contribution < 1.29 is 9.18 Å². The maximum absolute atomic E-state index is 13.1. The summed E-state index contributed by atoms with van der Waals surface area (Å²) in [5.74, 6) is -0.880. The van der Waals surface area contributed by atoms with Crippen LogP contribution < -0.4 is 11.1 Å². The van der Waals surface area contributed by atoms with Gasteiger partial charge in [0.05, 0.1) is 0 Å². The summed E-state index contributed by atoms with van der Waals surface area (Å²) in [7, 11) is 0. The number of rotatable bonds is 5. The molecule has 4 heteroatoms. The van der Waals surface area contributed by atoms with Crippen LogP contribution in [0.3, 0.4) is 0 Å². The number of nitrogens with one attached hydrogen (secondary N) is 1. The van der Waals surface area contributed by atoms with Crippen molar-refractivity contribution in [2.45, 2.75) is 25.8 Å². The van der Waals surface area contributed by atoms with Gasteiger partial charge in [-0.3, -0.25) is 10.1 Å². The van der Waals surface area contributed by atoms with Crippen molar-refractivity contribution in [3.63, 3.8) is 0 Å². The molecule has 0 bridgehead atoms. The van der Waals surface area contributed by atoms with E-state index in [2.05, 4.69) is 5.32 Å². The Kier molecular flexibility index (Phi) is 4.01. The molecule has 0 radical (unpaired) electrons. The van der Waals surface area contributed by atoms with Gasteiger partial charge in [0.2, 0.25) is 5.91 Å². The van der Waals surface area contributed by atoms with Crippen LogP contribution in [0.1, 0.15) is 25.8 Å². The Bertz CT molecular complexity index is 381. The van der Waals surface area contributed by atoms with E-state index in [0.29, 0.717) is 12.1 Å². The van der Waals surface area contributed by atoms with E-state index in [1.165, 1.54) is 12.1 Å². The van der Waals surface area contributed by atoms with Gasteiger partial charge in [-0.1, -0.05) is 19.1 Å². The van der Waals surface area contributed by atoms with Crippen LogP contribution in [0.5, 0.6) is 0 Å². The van der Waals surface area contributed by atoms with Crippen molar-refractivity contribution in [1.82, 2.24) is 5.32 Å². The van der Waals surface area contributed by atoms with Crippen molar-refractivity contribution >= 4 is 5.91 Å². The molecule has 1 rings (SSSR count). The molecule has 0 heterocycles. The number of hydrogen-bond acceptors (Lipinski definition) is 2. The molecule has 1 aromatic rings. The highest BCUT2D eigenvalue weighted by molar-refractivity contribution is 5.85. The van der Waals surface area contributed by atoms with E-state index >= 15 is 0 Å². The first kappa shape index (κ1) is 12.6. The highest BCUT2D eigenvalue weighted by atomic mass is 19.1. The maximum atomic E-state index is 13.1. The molecule has 1 unspecified atom stereocenters. The molecule has 0 aromatic heterocycles. The molecule has 1 aromatic carbocycles. The molecular formula is C12H17FN2O. The third-order valence-electron chi connectivity index (χ3n) is 2.62. The second-order valence-corrected chi connectivity index (χ2v) is 3.93. The lowest BCUT2D eigenvalue weighted by Crippen LogP contribution is -2.50. The Balaban J connectivity index is 3.06. The van der Waals surface area contributed by atoms with Gasteiger partial charge in [0, 0.05) is 0 Å². The molecule has 0 spiro atoms. The quantitative estimate of drug-likeness (QED) is 0.796. The topological polar surface area (TPSA) is 55.1 Å². The zero-order chi connectivity index (χ0) is 12.2. The highest BCUT2D eigenvalue weighted by Crippen LogP contribution is 2.21. The Morgan fingerprint density at radius 2 is 2.25 bits per heavy atom. The van der Waals surface area contributed by atoms with Gasteiger partial charge >= 0.3 is 0 Å². The number of carbonyl (C=O) groups is 1. The van der Waals surface area contributed by atoms with Crippen LogP contribution in [0.4, 0.5) is 4.39 Å². The lowest BCUT2D eigenvalue weighted by Gasteiger charge is -2.28. The highest BCUT2D eigenvalue weighted by Gasteiger charge is 2.32. The standard InChI is InChI=1S/C12H17FN2O/c1-3-7-15-12(2,11(14)16)9-5-4-6-10(13)8-9/h4-6,8,15H,3,7H2,1-2H3,(H2,14,16). The third-order valence-corrected chi connectivity index (χ3v) is 2.62.